The van der Waals surface area contributed by atoms with Gasteiger partial charge in [0.1, 0.15) is 6.04 Å². The van der Waals surface area contributed by atoms with Gasteiger partial charge in [-0.15, -0.1) is 24.0 Å². The first-order valence-electron chi connectivity index (χ1n) is 10.4. The lowest BCUT2D eigenvalue weighted by molar-refractivity contribution is -0.181. The third kappa shape index (κ3) is 8.74. The maximum atomic E-state index is 12.9. The Bertz CT molecular complexity index is 751. The van der Waals surface area contributed by atoms with Crippen LogP contribution in [0.3, 0.4) is 0 Å². The zero-order valence-electron chi connectivity index (χ0n) is 19.1. The third-order valence-electron chi connectivity index (χ3n) is 5.33. The number of alkyl halides is 3. The maximum Gasteiger partial charge on any atom is 0.403 e. The summed E-state index contributed by atoms with van der Waals surface area (Å²) in [4.78, 5) is 22.0. The van der Waals surface area contributed by atoms with Crippen LogP contribution in [-0.2, 0) is 6.54 Å². The number of aliphatic imine (C=N–C) groups is 1. The summed E-state index contributed by atoms with van der Waals surface area (Å²) in [7, 11) is 5.55. The van der Waals surface area contributed by atoms with E-state index in [2.05, 4.69) is 15.6 Å². The molecule has 1 amide bonds. The average molecular weight is 570 g/mol. The quantitative estimate of drug-likeness (QED) is 0.299. The van der Waals surface area contributed by atoms with Crippen LogP contribution in [0.4, 0.5) is 13.2 Å². The zero-order chi connectivity index (χ0) is 23.0. The van der Waals surface area contributed by atoms with E-state index in [9.17, 15) is 18.0 Å². The first-order chi connectivity index (χ1) is 14.6. The van der Waals surface area contributed by atoms with E-state index < -0.39 is 12.2 Å². The second-order valence-corrected chi connectivity index (χ2v) is 7.90. The van der Waals surface area contributed by atoms with Crippen LogP contribution in [0.25, 0.3) is 0 Å². The van der Waals surface area contributed by atoms with E-state index in [1.165, 1.54) is 11.8 Å². The highest BCUT2D eigenvalue weighted by Gasteiger charge is 2.41. The van der Waals surface area contributed by atoms with Gasteiger partial charge in [0.25, 0.3) is 5.91 Å². The molecule has 1 heterocycles. The molecule has 1 atom stereocenters. The lowest BCUT2D eigenvalue weighted by Crippen LogP contribution is -2.56. The normalized spacial score (nSPS) is 16.5. The minimum atomic E-state index is -4.22. The van der Waals surface area contributed by atoms with E-state index >= 15 is 0 Å². The second-order valence-electron chi connectivity index (χ2n) is 7.90. The number of carbonyl (C=O) groups excluding carboxylic acids is 1. The molecule has 182 valence electrons. The fourth-order valence-electron chi connectivity index (χ4n) is 3.36. The van der Waals surface area contributed by atoms with Crippen LogP contribution in [0.5, 0.6) is 0 Å². The Morgan fingerprint density at radius 1 is 1.19 bits per heavy atom. The Labute approximate surface area is 205 Å². The summed E-state index contributed by atoms with van der Waals surface area (Å²) in [6.45, 7) is 4.58. The molecule has 0 bridgehead atoms. The van der Waals surface area contributed by atoms with Crippen LogP contribution in [-0.4, -0.2) is 99.2 Å². The average Bonchev–Trinajstić information content (AvgIpc) is 2.73. The Morgan fingerprint density at radius 2 is 1.84 bits per heavy atom. The Hall–Kier alpha value is -1.60. The summed E-state index contributed by atoms with van der Waals surface area (Å²) in [6, 6.07) is 5.90. The summed E-state index contributed by atoms with van der Waals surface area (Å²) in [6.07, 6.45) is -4.22. The Balaban J connectivity index is 0.00000512. The van der Waals surface area contributed by atoms with Crippen LogP contribution in [0.15, 0.2) is 29.3 Å². The van der Waals surface area contributed by atoms with Crippen molar-refractivity contribution >= 4 is 35.8 Å². The largest absolute Gasteiger partial charge is 0.403 e. The van der Waals surface area contributed by atoms with Crippen LogP contribution in [0.2, 0.25) is 0 Å². The number of likely N-dealkylation sites (N-methyl/N-ethyl adjacent to an activating group) is 1. The molecule has 1 saturated heterocycles. The number of hydrogen-bond donors (Lipinski definition) is 2. The van der Waals surface area contributed by atoms with E-state index in [4.69, 9.17) is 0 Å². The molecule has 11 heteroatoms. The standard InChI is InChI=1S/C21H33F3N6O.HI/c1-16(21(22,23)24)29-10-12-30(13-11-29)20(25-2)27-15-17-6-5-7-18(14-17)19(31)26-8-9-28(3)4;/h5-7,14,16H,8-13,15H2,1-4H3,(H,25,27)(H,26,31);1H. The van der Waals surface area contributed by atoms with Crippen molar-refractivity contribution in [3.8, 4) is 0 Å². The fourth-order valence-corrected chi connectivity index (χ4v) is 3.36. The van der Waals surface area contributed by atoms with Gasteiger partial charge in [0.15, 0.2) is 5.96 Å². The molecule has 0 aliphatic carbocycles. The van der Waals surface area contributed by atoms with Gasteiger partial charge in [-0.05, 0) is 38.7 Å². The van der Waals surface area contributed by atoms with E-state index in [0.717, 1.165) is 12.1 Å². The topological polar surface area (TPSA) is 63.2 Å². The van der Waals surface area contributed by atoms with E-state index in [-0.39, 0.29) is 29.9 Å². The molecule has 2 rings (SSSR count). The summed E-state index contributed by atoms with van der Waals surface area (Å²) >= 11 is 0. The van der Waals surface area contributed by atoms with Gasteiger partial charge in [0.2, 0.25) is 0 Å². The van der Waals surface area contributed by atoms with Crippen molar-refractivity contribution in [1.29, 1.82) is 0 Å². The first-order valence-corrected chi connectivity index (χ1v) is 10.4. The highest BCUT2D eigenvalue weighted by molar-refractivity contribution is 14.0. The maximum absolute atomic E-state index is 12.9. The first kappa shape index (κ1) is 28.4. The minimum Gasteiger partial charge on any atom is -0.352 e. The molecule has 7 nitrogen and oxygen atoms in total. The van der Waals surface area contributed by atoms with Crippen molar-refractivity contribution < 1.29 is 18.0 Å². The van der Waals surface area contributed by atoms with Gasteiger partial charge in [0, 0.05) is 58.4 Å². The lowest BCUT2D eigenvalue weighted by Gasteiger charge is -2.39. The smallest absolute Gasteiger partial charge is 0.352 e. The molecule has 2 N–H and O–H groups in total. The van der Waals surface area contributed by atoms with E-state index in [1.807, 2.05) is 42.1 Å². The van der Waals surface area contributed by atoms with Gasteiger partial charge in [-0.25, -0.2) is 0 Å². The van der Waals surface area contributed by atoms with Gasteiger partial charge in [-0.3, -0.25) is 14.7 Å². The molecule has 1 aromatic carbocycles. The number of piperazine rings is 1. The van der Waals surface area contributed by atoms with E-state index in [1.54, 1.807) is 13.1 Å². The number of rotatable bonds is 7. The van der Waals surface area contributed by atoms with Crippen molar-refractivity contribution in [2.75, 3.05) is 60.4 Å². The number of nitrogens with zero attached hydrogens (tertiary/aromatic N) is 4. The Kier molecular flexibility index (Phi) is 11.7. The molecule has 0 saturated carbocycles. The highest BCUT2D eigenvalue weighted by atomic mass is 127. The van der Waals surface area contributed by atoms with Crippen LogP contribution < -0.4 is 10.6 Å². The van der Waals surface area contributed by atoms with Gasteiger partial charge in [-0.2, -0.15) is 13.2 Å². The molecule has 32 heavy (non-hydrogen) atoms. The summed E-state index contributed by atoms with van der Waals surface area (Å²) < 4.78 is 38.8. The predicted molar refractivity (Wildman–Crippen MR) is 132 cm³/mol. The van der Waals surface area contributed by atoms with Crippen molar-refractivity contribution in [3.05, 3.63) is 35.4 Å². The monoisotopic (exact) mass is 570 g/mol. The van der Waals surface area contributed by atoms with Gasteiger partial charge in [-0.1, -0.05) is 12.1 Å². The molecular weight excluding hydrogens is 536 g/mol. The van der Waals surface area contributed by atoms with Crippen LogP contribution >= 0.6 is 24.0 Å². The number of nitrogens with one attached hydrogen (secondary N) is 2. The van der Waals surface area contributed by atoms with Gasteiger partial charge in [0.05, 0.1) is 0 Å². The summed E-state index contributed by atoms with van der Waals surface area (Å²) in [5.41, 5.74) is 1.51. The van der Waals surface area contributed by atoms with Gasteiger partial charge >= 0.3 is 6.18 Å². The third-order valence-corrected chi connectivity index (χ3v) is 5.33. The van der Waals surface area contributed by atoms with Gasteiger partial charge < -0.3 is 20.4 Å². The molecule has 1 aliphatic rings. The molecular formula is C21H34F3IN6O. The molecule has 0 radical (unpaired) electrons. The molecule has 0 spiro atoms. The summed E-state index contributed by atoms with van der Waals surface area (Å²) in [5, 5.41) is 6.14. The Morgan fingerprint density at radius 3 is 2.41 bits per heavy atom. The lowest BCUT2D eigenvalue weighted by atomic mass is 10.1. The molecule has 1 aliphatic heterocycles. The minimum absolute atomic E-state index is 0. The number of amides is 1. The number of hydrogen-bond acceptors (Lipinski definition) is 4. The van der Waals surface area contributed by atoms with Crippen molar-refractivity contribution in [3.63, 3.8) is 0 Å². The second kappa shape index (κ2) is 13.2. The SMILES string of the molecule is CN=C(NCc1cccc(C(=O)NCCN(C)C)c1)N1CCN(C(C)C(F)(F)F)CC1.I. The number of benzene rings is 1. The molecule has 1 unspecified atom stereocenters. The fraction of sp³-hybridized carbons (Fsp3) is 0.619. The molecule has 1 fully saturated rings. The summed E-state index contributed by atoms with van der Waals surface area (Å²) in [5.74, 6) is 0.517. The zero-order valence-corrected chi connectivity index (χ0v) is 21.4. The predicted octanol–water partition coefficient (Wildman–Crippen LogP) is 2.24. The van der Waals surface area contributed by atoms with Crippen LogP contribution in [0.1, 0.15) is 22.8 Å². The van der Waals surface area contributed by atoms with E-state index in [0.29, 0.717) is 50.8 Å². The number of halogens is 4. The highest BCUT2D eigenvalue weighted by Crippen LogP contribution is 2.25. The molecule has 1 aromatic rings. The van der Waals surface area contributed by atoms with Crippen molar-refractivity contribution in [1.82, 2.24) is 25.3 Å². The number of guanidine groups is 1. The number of carbonyl (C=O) groups is 1. The van der Waals surface area contributed by atoms with Crippen molar-refractivity contribution in [2.24, 2.45) is 4.99 Å². The van der Waals surface area contributed by atoms with Crippen molar-refractivity contribution in [2.45, 2.75) is 25.7 Å². The van der Waals surface area contributed by atoms with Crippen LogP contribution in [0, 0.1) is 0 Å². The molecule has 0 aromatic heterocycles.